The number of anilines is 1. The third-order valence-corrected chi connectivity index (χ3v) is 6.74. The molecule has 0 spiro atoms. The van der Waals surface area contributed by atoms with E-state index in [-0.39, 0.29) is 29.8 Å². The van der Waals surface area contributed by atoms with E-state index in [0.29, 0.717) is 11.3 Å². The fourth-order valence-corrected chi connectivity index (χ4v) is 5.43. The van der Waals surface area contributed by atoms with Crippen LogP contribution in [0.5, 0.6) is 0 Å². The average Bonchev–Trinajstić information content (AvgIpc) is 3.43. The number of carbonyl (C=O) groups is 3. The van der Waals surface area contributed by atoms with E-state index in [1.165, 1.54) is 10.5 Å². The summed E-state index contributed by atoms with van der Waals surface area (Å²) in [7, 11) is 0. The van der Waals surface area contributed by atoms with Crippen molar-refractivity contribution in [3.8, 4) is 0 Å². The number of rotatable bonds is 4. The molecule has 5 rings (SSSR count). The summed E-state index contributed by atoms with van der Waals surface area (Å²) in [5.41, 5.74) is 4.20. The lowest BCUT2D eigenvalue weighted by molar-refractivity contribution is -0.122. The predicted molar refractivity (Wildman–Crippen MR) is 122 cm³/mol. The zero-order valence-corrected chi connectivity index (χ0v) is 18.3. The Kier molecular flexibility index (Phi) is 4.85. The molecule has 1 saturated heterocycles. The van der Waals surface area contributed by atoms with Crippen molar-refractivity contribution in [3.05, 3.63) is 83.4 Å². The Bertz CT molecular complexity index is 1140. The number of fused-ring (bicyclic) bond motifs is 5. The predicted octanol–water partition coefficient (Wildman–Crippen LogP) is 4.65. The molecule has 32 heavy (non-hydrogen) atoms. The molecule has 2 fully saturated rings. The zero-order valence-electron chi connectivity index (χ0n) is 18.3. The number of imide groups is 1. The zero-order chi connectivity index (χ0) is 22.6. The molecule has 2 bridgehead atoms. The van der Waals surface area contributed by atoms with Gasteiger partial charge in [0.15, 0.2) is 0 Å². The third kappa shape index (κ3) is 3.03. The highest BCUT2D eigenvalue weighted by molar-refractivity contribution is 6.23. The topological polar surface area (TPSA) is 63.7 Å². The van der Waals surface area contributed by atoms with Gasteiger partial charge in [0.2, 0.25) is 11.8 Å². The summed E-state index contributed by atoms with van der Waals surface area (Å²) in [6.07, 6.45) is 3.91. The van der Waals surface area contributed by atoms with Gasteiger partial charge in [-0.3, -0.25) is 9.59 Å². The van der Waals surface area contributed by atoms with Crippen LogP contribution in [0, 0.1) is 23.7 Å². The molecule has 162 valence electrons. The minimum atomic E-state index is -0.466. The first-order valence-electron chi connectivity index (χ1n) is 11.0. The molecule has 2 aromatic carbocycles. The minimum absolute atomic E-state index is 0.0688. The molecule has 0 radical (unpaired) electrons. The maximum atomic E-state index is 13.5. The molecule has 2 aromatic rings. The van der Waals surface area contributed by atoms with E-state index in [1.54, 1.807) is 38.1 Å². The first-order chi connectivity index (χ1) is 15.4. The second-order valence-corrected chi connectivity index (χ2v) is 8.95. The van der Waals surface area contributed by atoms with Crippen molar-refractivity contribution in [2.45, 2.75) is 26.9 Å². The first kappa shape index (κ1) is 20.4. The van der Waals surface area contributed by atoms with Gasteiger partial charge in [-0.2, -0.15) is 0 Å². The number of carbonyl (C=O) groups excluding carboxylic acids is 3. The van der Waals surface area contributed by atoms with Crippen LogP contribution in [0.3, 0.4) is 0 Å². The molecule has 3 aliphatic rings. The summed E-state index contributed by atoms with van der Waals surface area (Å²) < 4.78 is 5.27. The maximum Gasteiger partial charge on any atom is 0.338 e. The number of allylic oxidation sites excluding steroid dienone is 4. The quantitative estimate of drug-likeness (QED) is 0.405. The van der Waals surface area contributed by atoms with E-state index in [4.69, 9.17) is 4.74 Å². The van der Waals surface area contributed by atoms with Crippen molar-refractivity contribution in [1.82, 2.24) is 0 Å². The van der Waals surface area contributed by atoms with Gasteiger partial charge in [0.25, 0.3) is 0 Å². The molecule has 1 saturated carbocycles. The van der Waals surface area contributed by atoms with E-state index in [9.17, 15) is 14.4 Å². The van der Waals surface area contributed by atoms with Crippen LogP contribution in [-0.2, 0) is 14.3 Å². The van der Waals surface area contributed by atoms with E-state index in [0.717, 1.165) is 11.1 Å². The maximum absolute atomic E-state index is 13.5. The van der Waals surface area contributed by atoms with E-state index in [2.05, 4.69) is 31.2 Å². The third-order valence-electron chi connectivity index (χ3n) is 6.74. The van der Waals surface area contributed by atoms with Gasteiger partial charge in [0.05, 0.1) is 29.2 Å². The molecule has 2 amide bonds. The molecular formula is C27H25NO4. The van der Waals surface area contributed by atoms with Gasteiger partial charge >= 0.3 is 5.97 Å². The second-order valence-electron chi connectivity index (χ2n) is 8.95. The summed E-state index contributed by atoms with van der Waals surface area (Å²) in [5, 5.41) is 0. The van der Waals surface area contributed by atoms with Crippen LogP contribution in [0.1, 0.15) is 36.7 Å². The Hall–Kier alpha value is -3.47. The highest BCUT2D eigenvalue weighted by atomic mass is 16.5. The van der Waals surface area contributed by atoms with Crippen LogP contribution < -0.4 is 4.90 Å². The van der Waals surface area contributed by atoms with Crippen molar-refractivity contribution in [2.75, 3.05) is 4.90 Å². The van der Waals surface area contributed by atoms with Crippen LogP contribution >= 0.6 is 0 Å². The summed E-state index contributed by atoms with van der Waals surface area (Å²) in [4.78, 5) is 40.6. The van der Waals surface area contributed by atoms with Gasteiger partial charge in [-0.15, -0.1) is 0 Å². The van der Waals surface area contributed by atoms with Gasteiger partial charge in [-0.1, -0.05) is 54.1 Å². The SMILES string of the molecule is CC(=C1[C@H]2C=C[C@H]1[C@@H]1C(=O)N(c3cccc(C(=O)OC(C)C)c3)C(=O)[C@H]12)c1ccccc1. The van der Waals surface area contributed by atoms with Crippen LogP contribution in [0.4, 0.5) is 5.69 Å². The molecule has 0 N–H and O–H groups in total. The first-order valence-corrected chi connectivity index (χ1v) is 11.0. The van der Waals surface area contributed by atoms with Crippen molar-refractivity contribution < 1.29 is 19.1 Å². The molecule has 0 unspecified atom stereocenters. The summed E-state index contributed by atoms with van der Waals surface area (Å²) in [6.45, 7) is 5.64. The fourth-order valence-electron chi connectivity index (χ4n) is 5.43. The molecule has 1 aliphatic heterocycles. The number of benzene rings is 2. The highest BCUT2D eigenvalue weighted by Gasteiger charge is 2.62. The lowest BCUT2D eigenvalue weighted by Gasteiger charge is -2.20. The van der Waals surface area contributed by atoms with Crippen LogP contribution in [0.15, 0.2) is 72.3 Å². The number of hydrogen-bond donors (Lipinski definition) is 0. The lowest BCUT2D eigenvalue weighted by atomic mass is 9.85. The molecule has 4 atom stereocenters. The number of ether oxygens (including phenoxy) is 1. The van der Waals surface area contributed by atoms with Crippen LogP contribution in [0.2, 0.25) is 0 Å². The van der Waals surface area contributed by atoms with E-state index < -0.39 is 17.8 Å². The monoisotopic (exact) mass is 427 g/mol. The van der Waals surface area contributed by atoms with Crippen LogP contribution in [-0.4, -0.2) is 23.9 Å². The van der Waals surface area contributed by atoms with Crippen molar-refractivity contribution in [2.24, 2.45) is 23.7 Å². The largest absolute Gasteiger partial charge is 0.459 e. The fraction of sp³-hybridized carbons (Fsp3) is 0.296. The highest BCUT2D eigenvalue weighted by Crippen LogP contribution is 2.58. The lowest BCUT2D eigenvalue weighted by Crippen LogP contribution is -2.33. The molecular weight excluding hydrogens is 402 g/mol. The Morgan fingerprint density at radius 1 is 0.875 bits per heavy atom. The van der Waals surface area contributed by atoms with Crippen LogP contribution in [0.25, 0.3) is 5.57 Å². The van der Waals surface area contributed by atoms with Gasteiger partial charge < -0.3 is 4.74 Å². The Labute approximate surface area is 187 Å². The van der Waals surface area contributed by atoms with E-state index >= 15 is 0 Å². The van der Waals surface area contributed by atoms with Crippen molar-refractivity contribution in [1.29, 1.82) is 0 Å². The normalized spacial score (nSPS) is 25.6. The van der Waals surface area contributed by atoms with Crippen molar-refractivity contribution in [3.63, 3.8) is 0 Å². The van der Waals surface area contributed by atoms with Gasteiger partial charge in [0.1, 0.15) is 0 Å². The number of amides is 2. The summed E-state index contributed by atoms with van der Waals surface area (Å²) >= 11 is 0. The molecule has 5 heteroatoms. The standard InChI is InChI=1S/C27H25NO4/c1-15(2)32-27(31)18-10-7-11-19(14-18)28-25(29)23-20-12-13-21(24(23)26(28)30)22(20)16(3)17-8-5-4-6-9-17/h4-15,20-21,23-24H,1-3H3/t20-,21-,23+,24+/m1/s1. The Morgan fingerprint density at radius 3 is 2.06 bits per heavy atom. The van der Waals surface area contributed by atoms with Gasteiger partial charge in [0, 0.05) is 11.8 Å². The number of nitrogens with zero attached hydrogens (tertiary/aromatic N) is 1. The minimum Gasteiger partial charge on any atom is -0.459 e. The smallest absolute Gasteiger partial charge is 0.338 e. The second kappa shape index (κ2) is 7.59. The average molecular weight is 428 g/mol. The number of hydrogen-bond acceptors (Lipinski definition) is 4. The number of esters is 1. The van der Waals surface area contributed by atoms with Gasteiger partial charge in [-0.25, -0.2) is 9.69 Å². The molecule has 2 aliphatic carbocycles. The van der Waals surface area contributed by atoms with E-state index in [1.807, 2.05) is 18.2 Å². The molecule has 1 heterocycles. The van der Waals surface area contributed by atoms with Crippen molar-refractivity contribution >= 4 is 29.0 Å². The van der Waals surface area contributed by atoms with Gasteiger partial charge in [-0.05, 0) is 50.1 Å². The molecule has 0 aromatic heterocycles. The Balaban J connectivity index is 1.48. The summed E-state index contributed by atoms with van der Waals surface area (Å²) in [5.74, 6) is -1.77. The Morgan fingerprint density at radius 2 is 1.47 bits per heavy atom. The molecule has 5 nitrogen and oxygen atoms in total. The summed E-state index contributed by atoms with van der Waals surface area (Å²) in [6, 6.07) is 16.7.